The number of hydrogen-bond donors (Lipinski definition) is 0. The van der Waals surface area contributed by atoms with Crippen LogP contribution in [0.5, 0.6) is 0 Å². The first-order valence-electron chi connectivity index (χ1n) is 8.13. The Labute approximate surface area is 126 Å². The molecule has 2 bridgehead atoms. The summed E-state index contributed by atoms with van der Waals surface area (Å²) >= 11 is 0. The van der Waals surface area contributed by atoms with Crippen molar-refractivity contribution in [1.29, 1.82) is 0 Å². The second kappa shape index (κ2) is 5.30. The lowest BCUT2D eigenvalue weighted by Gasteiger charge is -2.37. The summed E-state index contributed by atoms with van der Waals surface area (Å²) in [6, 6.07) is 12.4. The van der Waals surface area contributed by atoms with E-state index in [0.29, 0.717) is 0 Å². The molecule has 3 nitrogen and oxygen atoms in total. The topological polar surface area (TPSA) is 19.4 Å². The molecule has 2 unspecified atom stereocenters. The number of pyridine rings is 1. The molecule has 0 saturated carbocycles. The van der Waals surface area contributed by atoms with Crippen LogP contribution in [0.4, 0.5) is 5.69 Å². The van der Waals surface area contributed by atoms with E-state index >= 15 is 0 Å². The van der Waals surface area contributed by atoms with Crippen LogP contribution < -0.4 is 4.90 Å². The van der Waals surface area contributed by atoms with Crippen molar-refractivity contribution in [1.82, 2.24) is 9.88 Å². The van der Waals surface area contributed by atoms with Gasteiger partial charge in [-0.1, -0.05) is 12.5 Å². The van der Waals surface area contributed by atoms with Gasteiger partial charge in [-0.05, 0) is 50.6 Å². The van der Waals surface area contributed by atoms with Gasteiger partial charge in [0.05, 0.1) is 5.52 Å². The van der Waals surface area contributed by atoms with Crippen molar-refractivity contribution >= 4 is 16.6 Å². The standard InChI is InChI=1S/C18H23N3/c1-20-15-5-2-6-17(20)13-21(11-9-15)16-7-8-18-14(12-16)4-3-10-19-18/h3-4,7-8,10,12,15,17H,2,5-6,9,11,13H2,1H3. The van der Waals surface area contributed by atoms with Crippen LogP contribution in [0.3, 0.4) is 0 Å². The molecule has 1 aromatic heterocycles. The quantitative estimate of drug-likeness (QED) is 0.799. The molecule has 3 heteroatoms. The lowest BCUT2D eigenvalue weighted by molar-refractivity contribution is 0.127. The van der Waals surface area contributed by atoms with Crippen LogP contribution in [0.1, 0.15) is 25.7 Å². The second-order valence-electron chi connectivity index (χ2n) is 6.52. The molecule has 2 aromatic rings. The fourth-order valence-corrected chi connectivity index (χ4v) is 4.01. The SMILES string of the molecule is CN1C2CCCC1CN(c1ccc3ncccc3c1)CC2. The van der Waals surface area contributed by atoms with E-state index < -0.39 is 0 Å². The maximum Gasteiger partial charge on any atom is 0.0703 e. The summed E-state index contributed by atoms with van der Waals surface area (Å²) in [6.07, 6.45) is 7.28. The molecule has 110 valence electrons. The first kappa shape index (κ1) is 13.1. The molecule has 4 rings (SSSR count). The van der Waals surface area contributed by atoms with Gasteiger partial charge in [0.25, 0.3) is 0 Å². The normalized spacial score (nSPS) is 26.8. The summed E-state index contributed by atoms with van der Waals surface area (Å²) in [5.74, 6) is 0. The number of fused-ring (bicyclic) bond motifs is 3. The van der Waals surface area contributed by atoms with Gasteiger partial charge in [0.15, 0.2) is 0 Å². The third-order valence-electron chi connectivity index (χ3n) is 5.34. The van der Waals surface area contributed by atoms with Gasteiger partial charge in [0.2, 0.25) is 0 Å². The van der Waals surface area contributed by atoms with Crippen LogP contribution in [-0.2, 0) is 0 Å². The minimum absolute atomic E-state index is 0.718. The first-order chi connectivity index (χ1) is 10.3. The Bertz CT molecular complexity index is 639. The van der Waals surface area contributed by atoms with Crippen LogP contribution in [0, 0.1) is 0 Å². The van der Waals surface area contributed by atoms with Crippen LogP contribution in [0.15, 0.2) is 36.5 Å². The Hall–Kier alpha value is -1.61. The zero-order valence-corrected chi connectivity index (χ0v) is 12.7. The van der Waals surface area contributed by atoms with Crippen molar-refractivity contribution in [2.24, 2.45) is 0 Å². The molecule has 3 heterocycles. The third kappa shape index (κ3) is 2.40. The summed E-state index contributed by atoms with van der Waals surface area (Å²) in [5.41, 5.74) is 2.45. The van der Waals surface area contributed by atoms with E-state index in [1.165, 1.54) is 49.8 Å². The van der Waals surface area contributed by atoms with Gasteiger partial charge in [0.1, 0.15) is 0 Å². The van der Waals surface area contributed by atoms with Crippen molar-refractivity contribution < 1.29 is 0 Å². The zero-order valence-electron chi connectivity index (χ0n) is 12.7. The average Bonchev–Trinajstić information content (AvgIpc) is 2.62. The maximum absolute atomic E-state index is 4.42. The molecule has 0 amide bonds. The third-order valence-corrected chi connectivity index (χ3v) is 5.34. The van der Waals surface area contributed by atoms with Crippen LogP contribution in [-0.4, -0.2) is 42.1 Å². The molecule has 0 spiro atoms. The molecular formula is C18H23N3. The number of piperidine rings is 1. The highest BCUT2D eigenvalue weighted by Crippen LogP contribution is 2.30. The summed E-state index contributed by atoms with van der Waals surface area (Å²) in [4.78, 5) is 9.64. The summed E-state index contributed by atoms with van der Waals surface area (Å²) < 4.78 is 0. The first-order valence-corrected chi connectivity index (χ1v) is 8.13. The zero-order chi connectivity index (χ0) is 14.2. The highest BCUT2D eigenvalue weighted by atomic mass is 15.3. The van der Waals surface area contributed by atoms with E-state index in [1.807, 2.05) is 12.3 Å². The predicted octanol–water partition coefficient (Wildman–Crippen LogP) is 3.30. The second-order valence-corrected chi connectivity index (χ2v) is 6.52. The molecule has 0 aliphatic carbocycles. The molecule has 2 aliphatic rings. The molecule has 21 heavy (non-hydrogen) atoms. The Balaban J connectivity index is 1.65. The van der Waals surface area contributed by atoms with Gasteiger partial charge in [-0.15, -0.1) is 0 Å². The number of likely N-dealkylation sites (N-methyl/N-ethyl adjacent to an activating group) is 1. The van der Waals surface area contributed by atoms with Gasteiger partial charge in [-0.25, -0.2) is 0 Å². The number of anilines is 1. The van der Waals surface area contributed by atoms with E-state index in [-0.39, 0.29) is 0 Å². The van der Waals surface area contributed by atoms with E-state index in [9.17, 15) is 0 Å². The van der Waals surface area contributed by atoms with Crippen LogP contribution in [0.2, 0.25) is 0 Å². The van der Waals surface area contributed by atoms with Crippen molar-refractivity contribution in [3.05, 3.63) is 36.5 Å². The van der Waals surface area contributed by atoms with E-state index in [2.05, 4.69) is 46.1 Å². The predicted molar refractivity (Wildman–Crippen MR) is 87.8 cm³/mol. The lowest BCUT2D eigenvalue weighted by Crippen LogP contribution is -2.45. The summed E-state index contributed by atoms with van der Waals surface area (Å²) in [6.45, 7) is 2.34. The summed E-state index contributed by atoms with van der Waals surface area (Å²) in [7, 11) is 2.32. The van der Waals surface area contributed by atoms with Crippen molar-refractivity contribution in [2.45, 2.75) is 37.8 Å². The van der Waals surface area contributed by atoms with Crippen LogP contribution >= 0.6 is 0 Å². The highest BCUT2D eigenvalue weighted by Gasteiger charge is 2.32. The number of nitrogens with zero attached hydrogens (tertiary/aromatic N) is 3. The molecule has 2 aliphatic heterocycles. The Morgan fingerprint density at radius 1 is 1.10 bits per heavy atom. The van der Waals surface area contributed by atoms with Gasteiger partial charge in [0, 0.05) is 42.4 Å². The Morgan fingerprint density at radius 2 is 2.00 bits per heavy atom. The largest absolute Gasteiger partial charge is 0.370 e. The van der Waals surface area contributed by atoms with Gasteiger partial charge < -0.3 is 4.90 Å². The number of aromatic nitrogens is 1. The maximum atomic E-state index is 4.42. The van der Waals surface area contributed by atoms with Gasteiger partial charge >= 0.3 is 0 Å². The highest BCUT2D eigenvalue weighted by molar-refractivity contribution is 5.82. The minimum atomic E-state index is 0.718. The minimum Gasteiger partial charge on any atom is -0.370 e. The molecule has 2 saturated heterocycles. The average molecular weight is 281 g/mol. The van der Waals surface area contributed by atoms with Gasteiger partial charge in [-0.3, -0.25) is 9.88 Å². The van der Waals surface area contributed by atoms with E-state index in [1.54, 1.807) is 0 Å². The lowest BCUT2D eigenvalue weighted by atomic mass is 9.96. The number of benzene rings is 1. The smallest absolute Gasteiger partial charge is 0.0703 e. The van der Waals surface area contributed by atoms with Crippen LogP contribution in [0.25, 0.3) is 10.9 Å². The van der Waals surface area contributed by atoms with E-state index in [4.69, 9.17) is 0 Å². The number of rotatable bonds is 1. The molecule has 1 aromatic carbocycles. The number of hydrogen-bond acceptors (Lipinski definition) is 3. The Kier molecular flexibility index (Phi) is 3.30. The molecular weight excluding hydrogens is 258 g/mol. The molecule has 2 atom stereocenters. The molecule has 0 N–H and O–H groups in total. The van der Waals surface area contributed by atoms with Crippen molar-refractivity contribution in [3.63, 3.8) is 0 Å². The van der Waals surface area contributed by atoms with Crippen molar-refractivity contribution in [2.75, 3.05) is 25.0 Å². The Morgan fingerprint density at radius 3 is 2.95 bits per heavy atom. The fourth-order valence-electron chi connectivity index (χ4n) is 4.01. The summed E-state index contributed by atoms with van der Waals surface area (Å²) in [5, 5.41) is 1.25. The van der Waals surface area contributed by atoms with Gasteiger partial charge in [-0.2, -0.15) is 0 Å². The monoisotopic (exact) mass is 281 g/mol. The molecule has 2 fully saturated rings. The van der Waals surface area contributed by atoms with Crippen molar-refractivity contribution in [3.8, 4) is 0 Å². The van der Waals surface area contributed by atoms with E-state index in [0.717, 1.165) is 17.6 Å². The molecule has 0 radical (unpaired) electrons. The fraction of sp³-hybridized carbons (Fsp3) is 0.500.